The number of likely N-dealkylation sites (tertiary alicyclic amines) is 1. The van der Waals surface area contributed by atoms with E-state index in [0.717, 1.165) is 10.4 Å². The van der Waals surface area contributed by atoms with Crippen molar-refractivity contribution >= 4 is 29.1 Å². The van der Waals surface area contributed by atoms with E-state index in [1.54, 1.807) is 31.2 Å². The van der Waals surface area contributed by atoms with E-state index in [4.69, 9.17) is 4.74 Å². The molecule has 4 atom stereocenters. The Bertz CT molecular complexity index is 942. The molecule has 3 N–H and O–H groups in total. The molecule has 0 bridgehead atoms. The molecule has 4 rings (SSSR count). The topological polar surface area (TPSA) is 101 Å². The number of carbonyl (C=O) groups excluding carboxylic acids is 3. The average Bonchev–Trinajstić information content (AvgIpc) is 3.41. The van der Waals surface area contributed by atoms with Crippen LogP contribution in [-0.2, 0) is 25.5 Å². The van der Waals surface area contributed by atoms with Crippen LogP contribution in [0.15, 0.2) is 41.8 Å². The van der Waals surface area contributed by atoms with Crippen LogP contribution in [0, 0.1) is 11.8 Å². The lowest BCUT2D eigenvalue weighted by molar-refractivity contribution is -0.733. The molecule has 0 spiro atoms. The van der Waals surface area contributed by atoms with Crippen LogP contribution in [0.5, 0.6) is 5.75 Å². The second-order valence-corrected chi connectivity index (χ2v) is 8.49. The molecule has 2 amide bonds. The van der Waals surface area contributed by atoms with Crippen LogP contribution in [0.2, 0.25) is 0 Å². The number of methoxy groups -OCH3 is 1. The Morgan fingerprint density at radius 1 is 1.24 bits per heavy atom. The molecule has 3 heterocycles. The van der Waals surface area contributed by atoms with E-state index in [2.05, 4.69) is 0 Å². The van der Waals surface area contributed by atoms with Gasteiger partial charge in [0.2, 0.25) is 17.4 Å². The lowest BCUT2D eigenvalue weighted by atomic mass is 9.76. The standard InChI is InChI=1S/C21H22N2O5S/c1-3-23-18(25)15-16(19(23)26)21(20(27)28-2,11-12-6-8-13(24)9-7-12)22-17(15)14-5-4-10-29-14/h4-10,15-17,22,24H,3,11H2,1-2H3/p+1/t15-,16-,17+,21+/m0/s1. The molecule has 7 nitrogen and oxygen atoms in total. The predicted molar refractivity (Wildman–Crippen MR) is 105 cm³/mol. The number of amides is 2. The highest BCUT2D eigenvalue weighted by Gasteiger charge is 2.72. The van der Waals surface area contributed by atoms with E-state index in [0.29, 0.717) is 0 Å². The minimum Gasteiger partial charge on any atom is -0.508 e. The first-order chi connectivity index (χ1) is 13.9. The molecule has 8 heteroatoms. The number of hydrogen-bond donors (Lipinski definition) is 2. The summed E-state index contributed by atoms with van der Waals surface area (Å²) in [6.45, 7) is 2.04. The van der Waals surface area contributed by atoms with E-state index < -0.39 is 23.3 Å². The summed E-state index contributed by atoms with van der Waals surface area (Å²) in [6.07, 6.45) is 0.222. The smallest absolute Gasteiger partial charge is 0.369 e. The number of hydrogen-bond acceptors (Lipinski definition) is 6. The summed E-state index contributed by atoms with van der Waals surface area (Å²) in [6, 6.07) is 10.0. The summed E-state index contributed by atoms with van der Waals surface area (Å²) in [5.41, 5.74) is -0.466. The Morgan fingerprint density at radius 3 is 2.55 bits per heavy atom. The van der Waals surface area contributed by atoms with Crippen LogP contribution in [0.25, 0.3) is 0 Å². The molecule has 1 aromatic carbocycles. The number of imide groups is 1. The maximum Gasteiger partial charge on any atom is 0.369 e. The van der Waals surface area contributed by atoms with E-state index in [1.807, 2.05) is 22.8 Å². The van der Waals surface area contributed by atoms with Crippen molar-refractivity contribution in [2.24, 2.45) is 11.8 Å². The molecule has 0 saturated carbocycles. The van der Waals surface area contributed by atoms with Crippen LogP contribution >= 0.6 is 11.3 Å². The van der Waals surface area contributed by atoms with Gasteiger partial charge in [-0.3, -0.25) is 14.5 Å². The number of fused-ring (bicyclic) bond motifs is 1. The molecule has 0 radical (unpaired) electrons. The average molecular weight is 415 g/mol. The van der Waals surface area contributed by atoms with Gasteiger partial charge in [0.25, 0.3) is 0 Å². The first-order valence-corrected chi connectivity index (χ1v) is 10.4. The van der Waals surface area contributed by atoms with Crippen LogP contribution in [-0.4, -0.2) is 47.0 Å². The van der Waals surface area contributed by atoms with Gasteiger partial charge >= 0.3 is 5.97 Å². The first-order valence-electron chi connectivity index (χ1n) is 9.54. The van der Waals surface area contributed by atoms with Crippen LogP contribution < -0.4 is 5.32 Å². The summed E-state index contributed by atoms with van der Waals surface area (Å²) in [5.74, 6) is -2.36. The fourth-order valence-electron chi connectivity index (χ4n) is 4.81. The number of esters is 1. The molecule has 1 aromatic heterocycles. The number of nitrogens with zero attached hydrogens (tertiary/aromatic N) is 1. The fraction of sp³-hybridized carbons (Fsp3) is 0.381. The third-order valence-electron chi connectivity index (χ3n) is 6.05. The molecule has 29 heavy (non-hydrogen) atoms. The molecule has 0 unspecified atom stereocenters. The van der Waals surface area contributed by atoms with Crippen molar-refractivity contribution < 1.29 is 29.5 Å². The number of rotatable bonds is 5. The molecule has 2 aromatic rings. The van der Waals surface area contributed by atoms with Crippen LogP contribution in [0.1, 0.15) is 23.4 Å². The minimum atomic E-state index is -1.25. The monoisotopic (exact) mass is 415 g/mol. The van der Waals surface area contributed by atoms with Gasteiger partial charge in [0.05, 0.1) is 12.0 Å². The number of thiophene rings is 1. The molecule has 2 aliphatic heterocycles. The number of aromatic hydroxyl groups is 1. The highest BCUT2D eigenvalue weighted by Crippen LogP contribution is 2.46. The summed E-state index contributed by atoms with van der Waals surface area (Å²) in [4.78, 5) is 41.7. The van der Waals surface area contributed by atoms with Crippen LogP contribution in [0.4, 0.5) is 0 Å². The summed E-state index contributed by atoms with van der Waals surface area (Å²) >= 11 is 1.51. The zero-order valence-corrected chi connectivity index (χ0v) is 17.0. The molecule has 152 valence electrons. The Kier molecular flexibility index (Phi) is 4.92. The quantitative estimate of drug-likeness (QED) is 0.557. The van der Waals surface area contributed by atoms with Gasteiger partial charge in [-0.2, -0.15) is 0 Å². The van der Waals surface area contributed by atoms with Crippen molar-refractivity contribution in [3.05, 3.63) is 52.2 Å². The van der Waals surface area contributed by atoms with Crippen molar-refractivity contribution in [2.45, 2.75) is 24.9 Å². The van der Waals surface area contributed by atoms with E-state index >= 15 is 0 Å². The van der Waals surface area contributed by atoms with Gasteiger partial charge in [-0.05, 0) is 36.1 Å². The zero-order chi connectivity index (χ0) is 20.8. The third kappa shape index (κ3) is 2.94. The van der Waals surface area contributed by atoms with E-state index in [9.17, 15) is 19.5 Å². The highest BCUT2D eigenvalue weighted by molar-refractivity contribution is 7.10. The van der Waals surface area contributed by atoms with Gasteiger partial charge in [0, 0.05) is 13.0 Å². The first kappa shape index (κ1) is 19.6. The number of quaternary nitrogens is 1. The molecular weight excluding hydrogens is 392 g/mol. The second-order valence-electron chi connectivity index (χ2n) is 7.51. The number of phenolic OH excluding ortho intramolecular Hbond substituents is 1. The highest BCUT2D eigenvalue weighted by atomic mass is 32.1. The summed E-state index contributed by atoms with van der Waals surface area (Å²) < 4.78 is 5.16. The van der Waals surface area contributed by atoms with Gasteiger partial charge in [-0.25, -0.2) is 4.79 Å². The van der Waals surface area contributed by atoms with Crippen molar-refractivity contribution in [2.75, 3.05) is 13.7 Å². The minimum absolute atomic E-state index is 0.120. The Hall–Kier alpha value is -2.71. The lowest BCUT2D eigenvalue weighted by Crippen LogP contribution is -2.98. The number of phenols is 1. The maximum absolute atomic E-state index is 13.3. The lowest BCUT2D eigenvalue weighted by Gasteiger charge is -2.29. The van der Waals surface area contributed by atoms with Crippen molar-refractivity contribution in [1.82, 2.24) is 4.90 Å². The van der Waals surface area contributed by atoms with Gasteiger partial charge in [0.1, 0.15) is 23.6 Å². The van der Waals surface area contributed by atoms with Gasteiger partial charge < -0.3 is 15.2 Å². The number of carbonyl (C=O) groups is 3. The maximum atomic E-state index is 13.3. The third-order valence-corrected chi connectivity index (χ3v) is 7.02. The fourth-order valence-corrected chi connectivity index (χ4v) is 5.65. The SMILES string of the molecule is CCN1C(=O)[C@@H]2[C@@H](c3cccs3)[NH2+][C@@](Cc3ccc(O)cc3)(C(=O)OC)[C@@H]2C1=O. The second kappa shape index (κ2) is 7.27. The van der Waals surface area contributed by atoms with Crippen molar-refractivity contribution in [3.8, 4) is 5.75 Å². The molecule has 2 aliphatic rings. The predicted octanol–water partition coefficient (Wildman–Crippen LogP) is 0.847. The van der Waals surface area contributed by atoms with Crippen molar-refractivity contribution in [1.29, 1.82) is 0 Å². The normalized spacial score (nSPS) is 28.6. The molecular formula is C21H23N2O5S+. The molecule has 0 aliphatic carbocycles. The molecule has 2 saturated heterocycles. The van der Waals surface area contributed by atoms with Gasteiger partial charge in [0.15, 0.2) is 0 Å². The zero-order valence-electron chi connectivity index (χ0n) is 16.2. The van der Waals surface area contributed by atoms with Gasteiger partial charge in [-0.15, -0.1) is 11.3 Å². The Labute approximate surface area is 172 Å². The van der Waals surface area contributed by atoms with Gasteiger partial charge in [-0.1, -0.05) is 18.2 Å². The summed E-state index contributed by atoms with van der Waals surface area (Å²) in [5, 5.41) is 13.4. The number of ether oxygens (including phenoxy) is 1. The van der Waals surface area contributed by atoms with Crippen molar-refractivity contribution in [3.63, 3.8) is 0 Å². The Morgan fingerprint density at radius 2 is 1.97 bits per heavy atom. The number of benzene rings is 1. The number of nitrogens with two attached hydrogens (primary N) is 1. The van der Waals surface area contributed by atoms with E-state index in [-0.39, 0.29) is 36.6 Å². The molecule has 2 fully saturated rings. The van der Waals surface area contributed by atoms with E-state index in [1.165, 1.54) is 23.3 Å². The van der Waals surface area contributed by atoms with Crippen LogP contribution in [0.3, 0.4) is 0 Å². The summed E-state index contributed by atoms with van der Waals surface area (Å²) in [7, 11) is 1.31. The largest absolute Gasteiger partial charge is 0.508 e. The Balaban J connectivity index is 1.84.